The molecule has 0 aliphatic carbocycles. The molecule has 0 aromatic rings. The predicted molar refractivity (Wildman–Crippen MR) is 80.9 cm³/mol. The Balaban J connectivity index is 2.38. The molecule has 0 spiro atoms. The number of piperidine rings is 1. The molecule has 19 heavy (non-hydrogen) atoms. The first-order chi connectivity index (χ1) is 9.05. The third-order valence-corrected chi connectivity index (χ3v) is 4.36. The first kappa shape index (κ1) is 16.5. The summed E-state index contributed by atoms with van der Waals surface area (Å²) in [6.45, 7) is 13.4. The third-order valence-electron chi connectivity index (χ3n) is 4.36. The summed E-state index contributed by atoms with van der Waals surface area (Å²) in [6.07, 6.45) is 4.34. The highest BCUT2D eigenvalue weighted by atomic mass is 15.1. The van der Waals surface area contributed by atoms with Gasteiger partial charge in [-0.25, -0.2) is 0 Å². The fraction of sp³-hybridized carbons (Fsp3) is 0.938. The number of hydrogen-bond donors (Lipinski definition) is 1. The molecule has 0 aromatic heterocycles. The number of nitrogens with one attached hydrogen (secondary N) is 1. The minimum absolute atomic E-state index is 0.304. The van der Waals surface area contributed by atoms with Gasteiger partial charge >= 0.3 is 0 Å². The summed E-state index contributed by atoms with van der Waals surface area (Å²) in [5.74, 6) is 1.65. The molecule has 0 bridgehead atoms. The summed E-state index contributed by atoms with van der Waals surface area (Å²) in [6, 6.07) is 2.49. The molecule has 0 radical (unpaired) electrons. The summed E-state index contributed by atoms with van der Waals surface area (Å²) in [4.78, 5) is 2.59. The normalized spacial score (nSPS) is 27.7. The Kier molecular flexibility index (Phi) is 6.82. The largest absolute Gasteiger partial charge is 0.303 e. The lowest BCUT2D eigenvalue weighted by Gasteiger charge is -2.35. The summed E-state index contributed by atoms with van der Waals surface area (Å²) >= 11 is 0. The minimum atomic E-state index is -0.304. The number of nitriles is 1. The Hall–Kier alpha value is -0.590. The van der Waals surface area contributed by atoms with Gasteiger partial charge in [0.2, 0.25) is 0 Å². The van der Waals surface area contributed by atoms with E-state index < -0.39 is 0 Å². The van der Waals surface area contributed by atoms with Crippen LogP contribution in [0, 0.1) is 23.2 Å². The van der Waals surface area contributed by atoms with Gasteiger partial charge in [-0.05, 0) is 50.6 Å². The van der Waals surface area contributed by atoms with Crippen LogP contribution >= 0.6 is 0 Å². The highest BCUT2D eigenvalue weighted by molar-refractivity contribution is 5.06. The topological polar surface area (TPSA) is 39.1 Å². The molecule has 1 saturated heterocycles. The lowest BCUT2D eigenvalue weighted by molar-refractivity contribution is 0.136. The van der Waals surface area contributed by atoms with Gasteiger partial charge in [0.25, 0.3) is 0 Å². The van der Waals surface area contributed by atoms with Crippen molar-refractivity contribution < 1.29 is 0 Å². The quantitative estimate of drug-likeness (QED) is 0.769. The highest BCUT2D eigenvalue weighted by Gasteiger charge is 2.27. The fourth-order valence-corrected chi connectivity index (χ4v) is 3.48. The Morgan fingerprint density at radius 1 is 1.26 bits per heavy atom. The molecule has 3 nitrogen and oxygen atoms in total. The average molecular weight is 265 g/mol. The zero-order valence-electron chi connectivity index (χ0n) is 13.2. The van der Waals surface area contributed by atoms with E-state index in [0.717, 1.165) is 44.2 Å². The van der Waals surface area contributed by atoms with E-state index in [-0.39, 0.29) is 5.54 Å². The SMILES string of the molecule is CCNC(C#N)(CC)CCCN1CC(C)CC(C)C1. The van der Waals surface area contributed by atoms with Crippen LogP contribution in [0.15, 0.2) is 0 Å². The van der Waals surface area contributed by atoms with E-state index in [0.29, 0.717) is 0 Å². The molecule has 1 aliphatic rings. The Morgan fingerprint density at radius 2 is 1.89 bits per heavy atom. The first-order valence-corrected chi connectivity index (χ1v) is 7.93. The monoisotopic (exact) mass is 265 g/mol. The molecular formula is C16H31N3. The van der Waals surface area contributed by atoms with Gasteiger partial charge in [-0.1, -0.05) is 27.7 Å². The van der Waals surface area contributed by atoms with Gasteiger partial charge in [0, 0.05) is 13.1 Å². The van der Waals surface area contributed by atoms with Gasteiger partial charge in [-0.15, -0.1) is 0 Å². The lowest BCUT2D eigenvalue weighted by Crippen LogP contribution is -2.44. The molecular weight excluding hydrogens is 234 g/mol. The zero-order chi connectivity index (χ0) is 14.3. The van der Waals surface area contributed by atoms with E-state index in [9.17, 15) is 5.26 Å². The van der Waals surface area contributed by atoms with Gasteiger partial charge in [0.1, 0.15) is 5.54 Å². The molecule has 3 atom stereocenters. The van der Waals surface area contributed by atoms with Crippen LogP contribution < -0.4 is 5.32 Å². The summed E-state index contributed by atoms with van der Waals surface area (Å²) in [5, 5.41) is 12.8. The predicted octanol–water partition coefficient (Wildman–Crippen LogP) is 3.03. The van der Waals surface area contributed by atoms with Crippen molar-refractivity contribution in [1.29, 1.82) is 5.26 Å². The molecule has 0 amide bonds. The van der Waals surface area contributed by atoms with E-state index in [1.165, 1.54) is 19.5 Å². The summed E-state index contributed by atoms with van der Waals surface area (Å²) in [5.41, 5.74) is -0.304. The Morgan fingerprint density at radius 3 is 2.37 bits per heavy atom. The van der Waals surface area contributed by atoms with Crippen LogP contribution in [0.1, 0.15) is 53.4 Å². The standard InChI is InChI=1S/C16H31N3/c1-5-16(13-17,18-6-2)8-7-9-19-11-14(3)10-15(4)12-19/h14-15,18H,5-12H2,1-4H3. The van der Waals surface area contributed by atoms with E-state index >= 15 is 0 Å². The van der Waals surface area contributed by atoms with Crippen molar-refractivity contribution in [3.05, 3.63) is 0 Å². The van der Waals surface area contributed by atoms with Crippen LogP contribution in [-0.2, 0) is 0 Å². The van der Waals surface area contributed by atoms with E-state index in [4.69, 9.17) is 0 Å². The minimum Gasteiger partial charge on any atom is -0.303 e. The number of nitrogens with zero attached hydrogens (tertiary/aromatic N) is 2. The number of hydrogen-bond acceptors (Lipinski definition) is 3. The van der Waals surface area contributed by atoms with Crippen molar-refractivity contribution in [3.8, 4) is 6.07 Å². The van der Waals surface area contributed by atoms with Crippen LogP contribution in [0.5, 0.6) is 0 Å². The Bertz CT molecular complexity index is 287. The highest BCUT2D eigenvalue weighted by Crippen LogP contribution is 2.22. The maximum atomic E-state index is 9.40. The molecule has 0 aromatic carbocycles. The molecule has 1 N–H and O–H groups in total. The van der Waals surface area contributed by atoms with Crippen molar-refractivity contribution >= 4 is 0 Å². The van der Waals surface area contributed by atoms with E-state index in [2.05, 4.69) is 44.0 Å². The van der Waals surface area contributed by atoms with Gasteiger partial charge < -0.3 is 4.90 Å². The molecule has 1 rings (SSSR count). The summed E-state index contributed by atoms with van der Waals surface area (Å²) < 4.78 is 0. The second kappa shape index (κ2) is 7.87. The van der Waals surface area contributed by atoms with Gasteiger partial charge in [-0.3, -0.25) is 5.32 Å². The van der Waals surface area contributed by atoms with Crippen LogP contribution in [-0.4, -0.2) is 36.6 Å². The van der Waals surface area contributed by atoms with Crippen LogP contribution in [0.25, 0.3) is 0 Å². The van der Waals surface area contributed by atoms with Crippen LogP contribution in [0.4, 0.5) is 0 Å². The van der Waals surface area contributed by atoms with Crippen molar-refractivity contribution in [3.63, 3.8) is 0 Å². The first-order valence-electron chi connectivity index (χ1n) is 7.93. The number of likely N-dealkylation sites (tertiary alicyclic amines) is 1. The smallest absolute Gasteiger partial charge is 0.106 e. The van der Waals surface area contributed by atoms with Gasteiger partial charge in [0.15, 0.2) is 0 Å². The Labute approximate surface area is 119 Å². The molecule has 3 unspecified atom stereocenters. The zero-order valence-corrected chi connectivity index (χ0v) is 13.2. The van der Waals surface area contributed by atoms with Gasteiger partial charge in [-0.2, -0.15) is 5.26 Å². The average Bonchev–Trinajstić information content (AvgIpc) is 2.36. The lowest BCUT2D eigenvalue weighted by atomic mass is 9.90. The van der Waals surface area contributed by atoms with Gasteiger partial charge in [0.05, 0.1) is 6.07 Å². The molecule has 110 valence electrons. The summed E-state index contributed by atoms with van der Waals surface area (Å²) in [7, 11) is 0. The maximum Gasteiger partial charge on any atom is 0.106 e. The van der Waals surface area contributed by atoms with E-state index in [1.54, 1.807) is 0 Å². The van der Waals surface area contributed by atoms with Crippen molar-refractivity contribution in [2.75, 3.05) is 26.2 Å². The third kappa shape index (κ3) is 5.12. The molecule has 1 heterocycles. The number of rotatable bonds is 7. The maximum absolute atomic E-state index is 9.40. The van der Waals surface area contributed by atoms with Crippen LogP contribution in [0.2, 0.25) is 0 Å². The van der Waals surface area contributed by atoms with E-state index in [1.807, 2.05) is 0 Å². The van der Waals surface area contributed by atoms with Crippen molar-refractivity contribution in [1.82, 2.24) is 10.2 Å². The molecule has 1 fully saturated rings. The molecule has 1 aliphatic heterocycles. The van der Waals surface area contributed by atoms with Crippen molar-refractivity contribution in [2.24, 2.45) is 11.8 Å². The fourth-order valence-electron chi connectivity index (χ4n) is 3.48. The molecule has 3 heteroatoms. The van der Waals surface area contributed by atoms with Crippen molar-refractivity contribution in [2.45, 2.75) is 58.9 Å². The van der Waals surface area contributed by atoms with Crippen LogP contribution in [0.3, 0.4) is 0 Å². The molecule has 0 saturated carbocycles. The second-order valence-electron chi connectivity index (χ2n) is 6.39. The second-order valence-corrected chi connectivity index (χ2v) is 6.39.